The zero-order valence-corrected chi connectivity index (χ0v) is 9.78. The minimum atomic E-state index is -3.55. The topological polar surface area (TPSA) is 55.4 Å². The van der Waals surface area contributed by atoms with Crippen molar-refractivity contribution in [1.29, 1.82) is 0 Å². The van der Waals surface area contributed by atoms with Crippen molar-refractivity contribution in [2.24, 2.45) is 0 Å². The number of hydrogen-bond donors (Lipinski definition) is 1. The highest BCUT2D eigenvalue weighted by atomic mass is 32.2. The molecule has 1 aliphatic rings. The molecule has 2 aromatic rings. The van der Waals surface area contributed by atoms with Crippen molar-refractivity contribution < 1.29 is 12.6 Å². The first kappa shape index (κ1) is 10.7. The first-order valence-corrected chi connectivity index (χ1v) is 6.70. The van der Waals surface area contributed by atoms with Crippen molar-refractivity contribution in [3.63, 3.8) is 0 Å². The average Bonchev–Trinajstić information content (AvgIpc) is 2.69. The first-order chi connectivity index (χ1) is 8.14. The highest BCUT2D eigenvalue weighted by Crippen LogP contribution is 2.24. The van der Waals surface area contributed by atoms with Crippen LogP contribution >= 0.6 is 0 Å². The van der Waals surface area contributed by atoms with Crippen LogP contribution in [0.15, 0.2) is 42.5 Å². The summed E-state index contributed by atoms with van der Waals surface area (Å²) < 4.78 is 29.4. The van der Waals surface area contributed by atoms with Gasteiger partial charge in [-0.15, -0.1) is 0 Å². The lowest BCUT2D eigenvalue weighted by molar-refractivity contribution is 0.339. The maximum atomic E-state index is 11.1. The van der Waals surface area contributed by atoms with Gasteiger partial charge < -0.3 is 0 Å². The Bertz CT molecular complexity index is 666. The largest absolute Gasteiger partial charge is 0.336 e. The van der Waals surface area contributed by atoms with Gasteiger partial charge in [0.1, 0.15) is 0 Å². The Hall–Kier alpha value is -1.43. The van der Waals surface area contributed by atoms with E-state index >= 15 is 0 Å². The molecule has 2 aromatic carbocycles. The Labute approximate surface area is 99.5 Å². The summed E-state index contributed by atoms with van der Waals surface area (Å²) in [5, 5.41) is 2.23. The predicted molar refractivity (Wildman–Crippen MR) is 64.7 cm³/mol. The van der Waals surface area contributed by atoms with Crippen molar-refractivity contribution in [3.8, 4) is 0 Å². The summed E-state index contributed by atoms with van der Waals surface area (Å²) in [6.07, 6.45) is 0. The molecule has 0 spiro atoms. The number of nitrogens with one attached hydrogen (secondary N) is 1. The number of benzene rings is 2. The fourth-order valence-corrected chi connectivity index (χ4v) is 2.92. The first-order valence-electron chi connectivity index (χ1n) is 5.29. The van der Waals surface area contributed by atoms with E-state index in [1.54, 1.807) is 0 Å². The molecule has 0 amide bonds. The van der Waals surface area contributed by atoms with Gasteiger partial charge in [0.15, 0.2) is 0 Å². The zero-order chi connectivity index (χ0) is 11.9. The molecule has 0 radical (unpaired) electrons. The molecule has 0 bridgehead atoms. The molecule has 1 N–H and O–H groups in total. The molecule has 1 heterocycles. The third-order valence-electron chi connectivity index (χ3n) is 2.85. The Kier molecular flexibility index (Phi) is 2.39. The fourth-order valence-electron chi connectivity index (χ4n) is 1.99. The van der Waals surface area contributed by atoms with E-state index in [0.717, 1.165) is 16.3 Å². The van der Waals surface area contributed by atoms with E-state index in [1.807, 2.05) is 42.5 Å². The second-order valence-corrected chi connectivity index (χ2v) is 5.40. The maximum absolute atomic E-state index is 11.1. The molecule has 3 rings (SSSR count). The molecule has 0 aliphatic carbocycles. The fraction of sp³-hybridized carbons (Fsp3) is 0.167. The standard InChI is InChI=1S/C12H11NO3S/c14-17(15)13-12(8-16-17)11-6-5-9-3-1-2-4-10(9)7-11/h1-7,12-13H,8H2/t12-/m0/s1. The predicted octanol–water partition coefficient (Wildman–Crippen LogP) is 1.75. The molecule has 1 atom stereocenters. The molecule has 0 saturated carbocycles. The quantitative estimate of drug-likeness (QED) is 0.837. The van der Waals surface area contributed by atoms with E-state index in [1.165, 1.54) is 0 Å². The summed E-state index contributed by atoms with van der Waals surface area (Å²) in [7, 11) is -3.55. The molecule has 0 aromatic heterocycles. The normalized spacial score (nSPS) is 22.9. The average molecular weight is 249 g/mol. The number of rotatable bonds is 1. The van der Waals surface area contributed by atoms with Crippen LogP contribution in [0, 0.1) is 0 Å². The van der Waals surface area contributed by atoms with E-state index in [2.05, 4.69) is 8.91 Å². The van der Waals surface area contributed by atoms with Crippen LogP contribution in [0.5, 0.6) is 0 Å². The van der Waals surface area contributed by atoms with Gasteiger partial charge in [-0.3, -0.25) is 4.18 Å². The molecule has 0 unspecified atom stereocenters. The molecular formula is C12H11NO3S. The Balaban J connectivity index is 2.02. The van der Waals surface area contributed by atoms with E-state index in [-0.39, 0.29) is 12.6 Å². The molecule has 17 heavy (non-hydrogen) atoms. The molecule has 1 saturated heterocycles. The summed E-state index contributed by atoms with van der Waals surface area (Å²) in [5.74, 6) is 0. The van der Waals surface area contributed by atoms with Crippen molar-refractivity contribution in [2.75, 3.05) is 6.61 Å². The van der Waals surface area contributed by atoms with Gasteiger partial charge in [-0.05, 0) is 22.4 Å². The summed E-state index contributed by atoms with van der Waals surface area (Å²) >= 11 is 0. The van der Waals surface area contributed by atoms with Gasteiger partial charge in [-0.2, -0.15) is 13.1 Å². The highest BCUT2D eigenvalue weighted by Gasteiger charge is 2.28. The minimum Gasteiger partial charge on any atom is -0.256 e. The van der Waals surface area contributed by atoms with Crippen LogP contribution in [0.25, 0.3) is 10.8 Å². The third kappa shape index (κ3) is 2.04. The summed E-state index contributed by atoms with van der Waals surface area (Å²) in [5.41, 5.74) is 0.921. The molecule has 1 fully saturated rings. The molecule has 88 valence electrons. The van der Waals surface area contributed by atoms with E-state index in [0.29, 0.717) is 0 Å². The van der Waals surface area contributed by atoms with Crippen LogP contribution in [0.3, 0.4) is 0 Å². The second-order valence-electron chi connectivity index (χ2n) is 4.02. The van der Waals surface area contributed by atoms with Gasteiger partial charge in [0, 0.05) is 0 Å². The SMILES string of the molecule is O=S1(=O)N[C@H](c2ccc3ccccc3c2)CO1. The summed E-state index contributed by atoms with van der Waals surface area (Å²) in [4.78, 5) is 0. The van der Waals surface area contributed by atoms with Crippen LogP contribution < -0.4 is 4.72 Å². The number of fused-ring (bicyclic) bond motifs is 1. The minimum absolute atomic E-state index is 0.153. The van der Waals surface area contributed by atoms with Gasteiger partial charge in [0.25, 0.3) is 0 Å². The lowest BCUT2D eigenvalue weighted by Gasteiger charge is -2.08. The summed E-state index contributed by atoms with van der Waals surface area (Å²) in [6, 6.07) is 13.6. The lowest BCUT2D eigenvalue weighted by Crippen LogP contribution is -2.19. The van der Waals surface area contributed by atoms with Crippen molar-refractivity contribution in [2.45, 2.75) is 6.04 Å². The van der Waals surface area contributed by atoms with E-state index in [9.17, 15) is 8.42 Å². The van der Waals surface area contributed by atoms with Crippen molar-refractivity contribution >= 4 is 21.1 Å². The second kappa shape index (κ2) is 3.80. The van der Waals surface area contributed by atoms with E-state index < -0.39 is 10.3 Å². The maximum Gasteiger partial charge on any atom is 0.336 e. The Morgan fingerprint density at radius 2 is 1.88 bits per heavy atom. The van der Waals surface area contributed by atoms with Crippen LogP contribution in [-0.4, -0.2) is 15.0 Å². The van der Waals surface area contributed by atoms with Crippen LogP contribution in [0.1, 0.15) is 11.6 Å². The van der Waals surface area contributed by atoms with Crippen LogP contribution in [0.4, 0.5) is 0 Å². The van der Waals surface area contributed by atoms with Gasteiger partial charge in [0.2, 0.25) is 0 Å². The van der Waals surface area contributed by atoms with E-state index in [4.69, 9.17) is 0 Å². The highest BCUT2D eigenvalue weighted by molar-refractivity contribution is 7.84. The van der Waals surface area contributed by atoms with Gasteiger partial charge in [-0.1, -0.05) is 36.4 Å². The van der Waals surface area contributed by atoms with Gasteiger partial charge in [0.05, 0.1) is 12.6 Å². The van der Waals surface area contributed by atoms with Crippen LogP contribution in [-0.2, 0) is 14.5 Å². The Morgan fingerprint density at radius 3 is 2.59 bits per heavy atom. The molecule has 5 heteroatoms. The third-order valence-corrected chi connectivity index (χ3v) is 3.87. The zero-order valence-electron chi connectivity index (χ0n) is 8.96. The molecule has 1 aliphatic heterocycles. The summed E-state index contributed by atoms with van der Waals surface area (Å²) in [6.45, 7) is 0.153. The van der Waals surface area contributed by atoms with Gasteiger partial charge in [-0.25, -0.2) is 0 Å². The molecule has 4 nitrogen and oxygen atoms in total. The molecular weight excluding hydrogens is 238 g/mol. The monoisotopic (exact) mass is 249 g/mol. The smallest absolute Gasteiger partial charge is 0.256 e. The van der Waals surface area contributed by atoms with Crippen LogP contribution in [0.2, 0.25) is 0 Å². The Morgan fingerprint density at radius 1 is 1.12 bits per heavy atom. The number of hydrogen-bond acceptors (Lipinski definition) is 3. The van der Waals surface area contributed by atoms with Crippen molar-refractivity contribution in [1.82, 2.24) is 4.72 Å². The lowest BCUT2D eigenvalue weighted by atomic mass is 10.0. The van der Waals surface area contributed by atoms with Crippen molar-refractivity contribution in [3.05, 3.63) is 48.0 Å². The van der Waals surface area contributed by atoms with Gasteiger partial charge >= 0.3 is 10.3 Å².